The molecule has 6 nitrogen and oxygen atoms in total. The van der Waals surface area contributed by atoms with Crippen molar-refractivity contribution in [2.45, 2.75) is 0 Å². The average molecular weight is 361 g/mol. The molecule has 0 radical (unpaired) electrons. The van der Waals surface area contributed by atoms with E-state index in [9.17, 15) is 0 Å². The highest BCUT2D eigenvalue weighted by atomic mass is 16.5. The molecule has 4 rings (SSSR count). The molecule has 0 fully saturated rings. The van der Waals surface area contributed by atoms with Gasteiger partial charge in [0.25, 0.3) is 0 Å². The molecule has 0 aliphatic heterocycles. The standard InChI is InChI=1S/C21H19N3O3/c1-25-18-7-5-4-6-15(18)16-9-11-21-22-13-17(24(21)23-16)14-8-10-19(26-2)20(12-14)27-3/h4-13H,1-3H3. The van der Waals surface area contributed by atoms with E-state index < -0.39 is 0 Å². The van der Waals surface area contributed by atoms with Crippen molar-refractivity contribution in [2.75, 3.05) is 21.3 Å². The summed E-state index contributed by atoms with van der Waals surface area (Å²) >= 11 is 0. The summed E-state index contributed by atoms with van der Waals surface area (Å²) in [5, 5.41) is 4.79. The second-order valence-corrected chi connectivity index (χ2v) is 5.90. The second-order valence-electron chi connectivity index (χ2n) is 5.90. The second kappa shape index (κ2) is 6.99. The lowest BCUT2D eigenvalue weighted by atomic mass is 10.1. The van der Waals surface area contributed by atoms with Crippen LogP contribution in [0.3, 0.4) is 0 Å². The van der Waals surface area contributed by atoms with E-state index in [0.717, 1.165) is 33.9 Å². The largest absolute Gasteiger partial charge is 0.496 e. The van der Waals surface area contributed by atoms with Gasteiger partial charge in [0.15, 0.2) is 17.1 Å². The molecule has 2 aromatic carbocycles. The Morgan fingerprint density at radius 3 is 2.33 bits per heavy atom. The first-order valence-corrected chi connectivity index (χ1v) is 8.45. The molecule has 2 aromatic heterocycles. The molecule has 136 valence electrons. The highest BCUT2D eigenvalue weighted by Gasteiger charge is 2.13. The van der Waals surface area contributed by atoms with Crippen molar-refractivity contribution in [1.29, 1.82) is 0 Å². The van der Waals surface area contributed by atoms with Gasteiger partial charge in [0.05, 0.1) is 38.9 Å². The molecule has 0 N–H and O–H groups in total. The van der Waals surface area contributed by atoms with Crippen molar-refractivity contribution in [2.24, 2.45) is 0 Å². The van der Waals surface area contributed by atoms with Crippen LogP contribution in [0, 0.1) is 0 Å². The van der Waals surface area contributed by atoms with Gasteiger partial charge < -0.3 is 14.2 Å². The van der Waals surface area contributed by atoms with Crippen molar-refractivity contribution in [3.8, 4) is 39.8 Å². The van der Waals surface area contributed by atoms with Crippen LogP contribution in [-0.2, 0) is 0 Å². The molecule has 4 aromatic rings. The molecule has 0 unspecified atom stereocenters. The van der Waals surface area contributed by atoms with Gasteiger partial charge in [-0.3, -0.25) is 0 Å². The maximum absolute atomic E-state index is 5.47. The minimum Gasteiger partial charge on any atom is -0.496 e. The summed E-state index contributed by atoms with van der Waals surface area (Å²) in [5.74, 6) is 2.11. The number of para-hydroxylation sites is 1. The number of hydrogen-bond acceptors (Lipinski definition) is 5. The Labute approximate surface area is 157 Å². The van der Waals surface area contributed by atoms with Crippen molar-refractivity contribution in [3.63, 3.8) is 0 Å². The third kappa shape index (κ3) is 2.95. The molecule has 6 heteroatoms. The SMILES string of the molecule is COc1ccc(-c2cnc3ccc(-c4ccccc4OC)nn23)cc1OC. The lowest BCUT2D eigenvalue weighted by Gasteiger charge is -2.10. The van der Waals surface area contributed by atoms with E-state index in [1.54, 1.807) is 27.5 Å². The van der Waals surface area contributed by atoms with Crippen LogP contribution in [0.5, 0.6) is 17.2 Å². The van der Waals surface area contributed by atoms with Gasteiger partial charge in [-0.15, -0.1) is 0 Å². The van der Waals surface area contributed by atoms with E-state index in [4.69, 9.17) is 19.3 Å². The van der Waals surface area contributed by atoms with Crippen molar-refractivity contribution < 1.29 is 14.2 Å². The highest BCUT2D eigenvalue weighted by Crippen LogP contribution is 2.33. The number of nitrogens with zero attached hydrogens (tertiary/aromatic N) is 3. The molecule has 0 amide bonds. The number of ether oxygens (including phenoxy) is 3. The molecule has 0 saturated heterocycles. The molecule has 0 atom stereocenters. The lowest BCUT2D eigenvalue weighted by molar-refractivity contribution is 0.355. The molecular formula is C21H19N3O3. The van der Waals surface area contributed by atoms with Crippen LogP contribution in [-0.4, -0.2) is 35.9 Å². The van der Waals surface area contributed by atoms with E-state index in [1.165, 1.54) is 0 Å². The molecule has 0 bridgehead atoms. The summed E-state index contributed by atoms with van der Waals surface area (Å²) in [6.07, 6.45) is 1.80. The quantitative estimate of drug-likeness (QED) is 0.536. The fourth-order valence-electron chi connectivity index (χ4n) is 3.07. The first-order chi connectivity index (χ1) is 13.2. The molecule has 2 heterocycles. The van der Waals surface area contributed by atoms with E-state index in [0.29, 0.717) is 11.5 Å². The number of fused-ring (bicyclic) bond motifs is 1. The van der Waals surface area contributed by atoms with Gasteiger partial charge in [0, 0.05) is 11.1 Å². The summed E-state index contributed by atoms with van der Waals surface area (Å²) in [5.41, 5.74) is 4.29. The molecule has 0 aliphatic rings. The van der Waals surface area contributed by atoms with Gasteiger partial charge in [-0.25, -0.2) is 9.50 Å². The molecular weight excluding hydrogens is 342 g/mol. The third-order valence-electron chi connectivity index (χ3n) is 4.42. The average Bonchev–Trinajstić information content (AvgIpc) is 3.16. The smallest absolute Gasteiger partial charge is 0.161 e. The zero-order valence-electron chi connectivity index (χ0n) is 15.3. The summed E-state index contributed by atoms with van der Waals surface area (Å²) in [6, 6.07) is 17.4. The van der Waals surface area contributed by atoms with Gasteiger partial charge in [-0.05, 0) is 42.5 Å². The summed E-state index contributed by atoms with van der Waals surface area (Å²) < 4.78 is 18.0. The van der Waals surface area contributed by atoms with Crippen molar-refractivity contribution in [1.82, 2.24) is 14.6 Å². The molecule has 0 aliphatic carbocycles. The first kappa shape index (κ1) is 16.9. The molecule has 0 saturated carbocycles. The number of aromatic nitrogens is 3. The van der Waals surface area contributed by atoms with Crippen LogP contribution in [0.4, 0.5) is 0 Å². The van der Waals surface area contributed by atoms with E-state index >= 15 is 0 Å². The third-order valence-corrected chi connectivity index (χ3v) is 4.42. The maximum atomic E-state index is 5.47. The van der Waals surface area contributed by atoms with Crippen LogP contribution in [0.25, 0.3) is 28.2 Å². The van der Waals surface area contributed by atoms with Crippen LogP contribution < -0.4 is 14.2 Å². The van der Waals surface area contributed by atoms with Crippen LogP contribution in [0.15, 0.2) is 60.8 Å². The number of hydrogen-bond donors (Lipinski definition) is 0. The van der Waals surface area contributed by atoms with Crippen LogP contribution >= 0.6 is 0 Å². The van der Waals surface area contributed by atoms with Crippen LogP contribution in [0.1, 0.15) is 0 Å². The van der Waals surface area contributed by atoms with Crippen molar-refractivity contribution >= 4 is 5.65 Å². The monoisotopic (exact) mass is 361 g/mol. The van der Waals surface area contributed by atoms with Gasteiger partial charge in [-0.2, -0.15) is 5.10 Å². The van der Waals surface area contributed by atoms with Gasteiger partial charge in [0.1, 0.15) is 5.75 Å². The Morgan fingerprint density at radius 1 is 0.778 bits per heavy atom. The predicted octanol–water partition coefficient (Wildman–Crippen LogP) is 4.09. The number of methoxy groups -OCH3 is 3. The summed E-state index contributed by atoms with van der Waals surface area (Å²) in [6.45, 7) is 0. The number of rotatable bonds is 5. The Kier molecular flexibility index (Phi) is 4.38. The topological polar surface area (TPSA) is 57.9 Å². The zero-order chi connectivity index (χ0) is 18.8. The maximum Gasteiger partial charge on any atom is 0.161 e. The fraction of sp³-hybridized carbons (Fsp3) is 0.143. The van der Waals surface area contributed by atoms with Gasteiger partial charge in [-0.1, -0.05) is 12.1 Å². The Balaban J connectivity index is 1.86. The normalized spacial score (nSPS) is 10.8. The van der Waals surface area contributed by atoms with Crippen molar-refractivity contribution in [3.05, 3.63) is 60.8 Å². The Hall–Kier alpha value is -3.54. The van der Waals surface area contributed by atoms with Gasteiger partial charge in [0.2, 0.25) is 0 Å². The predicted molar refractivity (Wildman–Crippen MR) is 104 cm³/mol. The number of imidazole rings is 1. The summed E-state index contributed by atoms with van der Waals surface area (Å²) in [7, 11) is 4.89. The van der Waals surface area contributed by atoms with E-state index in [2.05, 4.69) is 4.98 Å². The zero-order valence-corrected chi connectivity index (χ0v) is 15.3. The minimum absolute atomic E-state index is 0.658. The van der Waals surface area contributed by atoms with Gasteiger partial charge >= 0.3 is 0 Å². The Bertz CT molecular complexity index is 1100. The highest BCUT2D eigenvalue weighted by molar-refractivity contribution is 5.70. The Morgan fingerprint density at radius 2 is 1.56 bits per heavy atom. The molecule has 0 spiro atoms. The number of benzene rings is 2. The first-order valence-electron chi connectivity index (χ1n) is 8.45. The minimum atomic E-state index is 0.658. The van der Waals surface area contributed by atoms with Crippen LogP contribution in [0.2, 0.25) is 0 Å². The fourth-order valence-corrected chi connectivity index (χ4v) is 3.07. The van der Waals surface area contributed by atoms with E-state index in [-0.39, 0.29) is 0 Å². The summed E-state index contributed by atoms with van der Waals surface area (Å²) in [4.78, 5) is 4.47. The lowest BCUT2D eigenvalue weighted by Crippen LogP contribution is -1.98. The van der Waals surface area contributed by atoms with E-state index in [1.807, 2.05) is 59.1 Å². The molecule has 27 heavy (non-hydrogen) atoms.